The summed E-state index contributed by atoms with van der Waals surface area (Å²) in [6.07, 6.45) is -0.185. The average molecular weight is 350 g/mol. The first kappa shape index (κ1) is 18.0. The van der Waals surface area contributed by atoms with E-state index in [1.165, 1.54) is 24.3 Å². The van der Waals surface area contributed by atoms with E-state index in [2.05, 4.69) is 5.32 Å². The molecule has 25 heavy (non-hydrogen) atoms. The summed E-state index contributed by atoms with van der Waals surface area (Å²) < 4.78 is 26.8. The molecule has 0 aliphatic heterocycles. The second kappa shape index (κ2) is 7.47. The first-order valence-electron chi connectivity index (χ1n) is 7.00. The number of benzene rings is 2. The van der Waals surface area contributed by atoms with Crippen LogP contribution >= 0.6 is 0 Å². The fraction of sp³-hybridized carbons (Fsp3) is 0.125. The number of halogens is 2. The predicted octanol–water partition coefficient (Wildman–Crippen LogP) is 2.30. The van der Waals surface area contributed by atoms with Crippen molar-refractivity contribution in [2.75, 3.05) is 0 Å². The van der Waals surface area contributed by atoms with Gasteiger partial charge in [-0.1, -0.05) is 18.2 Å². The van der Waals surface area contributed by atoms with E-state index in [4.69, 9.17) is 0 Å². The standard InChI is InChI=1S/C16H12F2N2O5/c17-12-3-1-2-11(14(12)18)15(21)19-13(16(22)23)8-9-4-6-10(7-5-9)20(24)25/h1-7,13H,8H2,(H,19,21)(H,22,23)/t13-/m0/s1. The molecule has 0 fully saturated rings. The van der Waals surface area contributed by atoms with Gasteiger partial charge in [0, 0.05) is 18.6 Å². The molecule has 7 nitrogen and oxygen atoms in total. The minimum absolute atomic E-state index is 0.165. The number of non-ortho nitro benzene ring substituents is 1. The Balaban J connectivity index is 2.15. The van der Waals surface area contributed by atoms with Gasteiger partial charge in [-0.2, -0.15) is 0 Å². The Morgan fingerprint density at radius 2 is 1.80 bits per heavy atom. The van der Waals surface area contributed by atoms with Crippen LogP contribution in [0.15, 0.2) is 42.5 Å². The van der Waals surface area contributed by atoms with Gasteiger partial charge in [0.25, 0.3) is 11.6 Å². The molecule has 0 saturated carbocycles. The molecule has 2 aromatic carbocycles. The number of nitro benzene ring substituents is 1. The number of nitro groups is 1. The Morgan fingerprint density at radius 1 is 1.16 bits per heavy atom. The molecular formula is C16H12F2N2O5. The van der Waals surface area contributed by atoms with Crippen molar-refractivity contribution in [3.63, 3.8) is 0 Å². The lowest BCUT2D eigenvalue weighted by Gasteiger charge is -2.15. The number of rotatable bonds is 6. The SMILES string of the molecule is O=C(N[C@@H](Cc1ccc([N+](=O)[O-])cc1)C(=O)O)c1cccc(F)c1F. The third-order valence-electron chi connectivity index (χ3n) is 3.39. The largest absolute Gasteiger partial charge is 0.480 e. The smallest absolute Gasteiger partial charge is 0.326 e. The zero-order valence-electron chi connectivity index (χ0n) is 12.6. The molecule has 0 radical (unpaired) electrons. The number of nitrogens with zero attached hydrogens (tertiary/aromatic N) is 1. The second-order valence-electron chi connectivity index (χ2n) is 5.09. The number of aliphatic carboxylic acids is 1. The fourth-order valence-corrected chi connectivity index (χ4v) is 2.10. The first-order valence-corrected chi connectivity index (χ1v) is 7.00. The summed E-state index contributed by atoms with van der Waals surface area (Å²) in [4.78, 5) is 33.3. The number of amides is 1. The van der Waals surface area contributed by atoms with Crippen molar-refractivity contribution in [2.45, 2.75) is 12.5 Å². The average Bonchev–Trinajstić information content (AvgIpc) is 2.57. The molecule has 2 N–H and O–H groups in total. The van der Waals surface area contributed by atoms with Gasteiger partial charge in [0.15, 0.2) is 11.6 Å². The van der Waals surface area contributed by atoms with Gasteiger partial charge >= 0.3 is 5.97 Å². The number of nitrogens with one attached hydrogen (secondary N) is 1. The van der Waals surface area contributed by atoms with E-state index in [0.717, 1.165) is 18.2 Å². The number of hydrogen-bond donors (Lipinski definition) is 2. The molecule has 0 bridgehead atoms. The molecule has 0 spiro atoms. The van der Waals surface area contributed by atoms with Crippen LogP contribution in [0, 0.1) is 21.7 Å². The summed E-state index contributed by atoms with van der Waals surface area (Å²) in [5.74, 6) is -5.07. The summed E-state index contributed by atoms with van der Waals surface area (Å²) in [5, 5.41) is 21.9. The van der Waals surface area contributed by atoms with Gasteiger partial charge in [0.05, 0.1) is 10.5 Å². The van der Waals surface area contributed by atoms with Gasteiger partial charge in [-0.15, -0.1) is 0 Å². The molecule has 0 heterocycles. The number of carbonyl (C=O) groups excluding carboxylic acids is 1. The highest BCUT2D eigenvalue weighted by molar-refractivity contribution is 5.96. The van der Waals surface area contributed by atoms with Crippen LogP contribution in [0.2, 0.25) is 0 Å². The molecule has 0 aliphatic carbocycles. The second-order valence-corrected chi connectivity index (χ2v) is 5.09. The van der Waals surface area contributed by atoms with Crippen molar-refractivity contribution in [3.8, 4) is 0 Å². The maximum atomic E-state index is 13.6. The highest BCUT2D eigenvalue weighted by Gasteiger charge is 2.23. The van der Waals surface area contributed by atoms with Gasteiger partial charge in [0.1, 0.15) is 6.04 Å². The Hall–Kier alpha value is -3.36. The molecule has 0 aromatic heterocycles. The van der Waals surface area contributed by atoms with Crippen molar-refractivity contribution >= 4 is 17.6 Å². The third-order valence-corrected chi connectivity index (χ3v) is 3.39. The molecule has 2 rings (SSSR count). The Labute approximate surface area is 140 Å². The normalized spacial score (nSPS) is 11.6. The van der Waals surface area contributed by atoms with Crippen LogP contribution in [0.1, 0.15) is 15.9 Å². The molecule has 0 saturated heterocycles. The summed E-state index contributed by atoms with van der Waals surface area (Å²) in [7, 11) is 0. The monoisotopic (exact) mass is 350 g/mol. The van der Waals surface area contributed by atoms with Crippen LogP contribution in [0.5, 0.6) is 0 Å². The van der Waals surface area contributed by atoms with Gasteiger partial charge in [-0.05, 0) is 17.7 Å². The third kappa shape index (κ3) is 4.34. The predicted molar refractivity (Wildman–Crippen MR) is 82.0 cm³/mol. The lowest BCUT2D eigenvalue weighted by Crippen LogP contribution is -2.42. The molecule has 0 unspecified atom stereocenters. The summed E-state index contributed by atoms with van der Waals surface area (Å²) in [6.45, 7) is 0. The van der Waals surface area contributed by atoms with E-state index in [-0.39, 0.29) is 12.1 Å². The van der Waals surface area contributed by atoms with E-state index in [1.54, 1.807) is 0 Å². The van der Waals surface area contributed by atoms with Crippen LogP contribution in [0.25, 0.3) is 0 Å². The number of carbonyl (C=O) groups is 2. The van der Waals surface area contributed by atoms with E-state index in [1.807, 2.05) is 0 Å². The Morgan fingerprint density at radius 3 is 2.36 bits per heavy atom. The van der Waals surface area contributed by atoms with Crippen LogP contribution in [-0.4, -0.2) is 27.9 Å². The number of carboxylic acid groups (broad SMARTS) is 1. The molecule has 0 aliphatic rings. The maximum Gasteiger partial charge on any atom is 0.326 e. The summed E-state index contributed by atoms with van der Waals surface area (Å²) in [5.41, 5.74) is -0.366. The summed E-state index contributed by atoms with van der Waals surface area (Å²) >= 11 is 0. The Kier molecular flexibility index (Phi) is 5.38. The lowest BCUT2D eigenvalue weighted by atomic mass is 10.0. The van der Waals surface area contributed by atoms with Crippen LogP contribution < -0.4 is 5.32 Å². The van der Waals surface area contributed by atoms with Crippen LogP contribution in [0.4, 0.5) is 14.5 Å². The minimum atomic E-state index is -1.42. The van der Waals surface area contributed by atoms with Gasteiger partial charge in [-0.3, -0.25) is 14.9 Å². The van der Waals surface area contributed by atoms with E-state index in [9.17, 15) is 33.6 Å². The maximum absolute atomic E-state index is 13.6. The lowest BCUT2D eigenvalue weighted by molar-refractivity contribution is -0.384. The van der Waals surface area contributed by atoms with Crippen molar-refractivity contribution in [3.05, 3.63) is 75.3 Å². The van der Waals surface area contributed by atoms with Gasteiger partial charge in [0.2, 0.25) is 0 Å². The zero-order valence-corrected chi connectivity index (χ0v) is 12.6. The zero-order chi connectivity index (χ0) is 18.6. The number of carboxylic acids is 1. The van der Waals surface area contributed by atoms with Crippen LogP contribution in [-0.2, 0) is 11.2 Å². The molecule has 130 valence electrons. The molecular weight excluding hydrogens is 338 g/mol. The van der Waals surface area contributed by atoms with E-state index >= 15 is 0 Å². The highest BCUT2D eigenvalue weighted by Crippen LogP contribution is 2.15. The fourth-order valence-electron chi connectivity index (χ4n) is 2.10. The van der Waals surface area contributed by atoms with Crippen molar-refractivity contribution < 1.29 is 28.4 Å². The van der Waals surface area contributed by atoms with Gasteiger partial charge in [-0.25, -0.2) is 13.6 Å². The van der Waals surface area contributed by atoms with Crippen molar-refractivity contribution in [1.82, 2.24) is 5.32 Å². The van der Waals surface area contributed by atoms with Gasteiger partial charge < -0.3 is 10.4 Å². The van der Waals surface area contributed by atoms with Crippen molar-refractivity contribution in [2.24, 2.45) is 0 Å². The summed E-state index contributed by atoms with van der Waals surface area (Å²) in [6, 6.07) is 6.66. The number of hydrogen-bond acceptors (Lipinski definition) is 4. The Bertz CT molecular complexity index is 824. The molecule has 1 atom stereocenters. The molecule has 9 heteroatoms. The minimum Gasteiger partial charge on any atom is -0.480 e. The topological polar surface area (TPSA) is 110 Å². The highest BCUT2D eigenvalue weighted by atomic mass is 19.2. The molecule has 1 amide bonds. The quantitative estimate of drug-likeness (QED) is 0.614. The van der Waals surface area contributed by atoms with Crippen LogP contribution in [0.3, 0.4) is 0 Å². The molecule has 2 aromatic rings. The van der Waals surface area contributed by atoms with Crippen molar-refractivity contribution in [1.29, 1.82) is 0 Å². The van der Waals surface area contributed by atoms with E-state index in [0.29, 0.717) is 5.56 Å². The van der Waals surface area contributed by atoms with E-state index < -0.39 is 40.0 Å². The first-order chi connectivity index (χ1) is 11.8.